The van der Waals surface area contributed by atoms with Gasteiger partial charge in [-0.2, -0.15) is 0 Å². The molecule has 5 nitrogen and oxygen atoms in total. The molecule has 0 saturated carbocycles. The van der Waals surface area contributed by atoms with Gasteiger partial charge in [0.25, 0.3) is 0 Å². The molecule has 2 amide bonds. The van der Waals surface area contributed by atoms with E-state index in [0.717, 1.165) is 29.8 Å². The van der Waals surface area contributed by atoms with Crippen molar-refractivity contribution in [1.82, 2.24) is 5.32 Å². The molecular weight excluding hydrogens is 326 g/mol. The van der Waals surface area contributed by atoms with Crippen molar-refractivity contribution in [3.05, 3.63) is 65.7 Å². The molecule has 1 saturated heterocycles. The fourth-order valence-electron chi connectivity index (χ4n) is 3.23. The summed E-state index contributed by atoms with van der Waals surface area (Å²) in [5.74, 6) is -0.251. The maximum absolute atomic E-state index is 12.5. The van der Waals surface area contributed by atoms with E-state index in [4.69, 9.17) is 5.73 Å². The first-order valence-electron chi connectivity index (χ1n) is 9.04. The summed E-state index contributed by atoms with van der Waals surface area (Å²) in [6.45, 7) is 3.02. The van der Waals surface area contributed by atoms with Crippen molar-refractivity contribution >= 4 is 17.5 Å². The van der Waals surface area contributed by atoms with E-state index in [9.17, 15) is 9.59 Å². The Morgan fingerprint density at radius 2 is 1.96 bits per heavy atom. The number of rotatable bonds is 6. The third kappa shape index (κ3) is 4.11. The van der Waals surface area contributed by atoms with Gasteiger partial charge in [0.05, 0.1) is 5.92 Å². The summed E-state index contributed by atoms with van der Waals surface area (Å²) in [4.78, 5) is 26.2. The molecule has 0 aliphatic carbocycles. The van der Waals surface area contributed by atoms with Gasteiger partial charge in [-0.3, -0.25) is 9.59 Å². The molecule has 0 bridgehead atoms. The Labute approximate surface area is 154 Å². The Hall–Kier alpha value is -2.66. The second-order valence-electron chi connectivity index (χ2n) is 6.76. The molecule has 26 heavy (non-hydrogen) atoms. The Bertz CT molecular complexity index is 776. The summed E-state index contributed by atoms with van der Waals surface area (Å²) in [5.41, 5.74) is 9.04. The number of carbonyl (C=O) groups excluding carboxylic acids is 2. The maximum Gasteiger partial charge on any atom is 0.227 e. The SMILES string of the molecule is CC(C(=O)NCc1cccc(N2CCCC2=O)c1)C(N)c1ccccc1. The average Bonchev–Trinajstić information content (AvgIpc) is 3.11. The number of nitrogens with zero attached hydrogens (tertiary/aromatic N) is 1. The molecular formula is C21H25N3O2. The molecule has 3 rings (SSSR count). The van der Waals surface area contributed by atoms with E-state index in [1.165, 1.54) is 0 Å². The van der Waals surface area contributed by atoms with Crippen molar-refractivity contribution in [2.24, 2.45) is 11.7 Å². The lowest BCUT2D eigenvalue weighted by Gasteiger charge is -2.20. The van der Waals surface area contributed by atoms with E-state index in [0.29, 0.717) is 13.0 Å². The molecule has 0 aromatic heterocycles. The van der Waals surface area contributed by atoms with Crippen LogP contribution in [0.25, 0.3) is 0 Å². The van der Waals surface area contributed by atoms with Crippen LogP contribution < -0.4 is 16.0 Å². The van der Waals surface area contributed by atoms with Crippen molar-refractivity contribution < 1.29 is 9.59 Å². The summed E-state index contributed by atoms with van der Waals surface area (Å²) in [7, 11) is 0. The molecule has 1 heterocycles. The molecule has 1 fully saturated rings. The van der Waals surface area contributed by atoms with Crippen molar-refractivity contribution in [3.8, 4) is 0 Å². The molecule has 2 atom stereocenters. The van der Waals surface area contributed by atoms with Crippen molar-refractivity contribution in [2.45, 2.75) is 32.4 Å². The third-order valence-corrected chi connectivity index (χ3v) is 4.90. The summed E-state index contributed by atoms with van der Waals surface area (Å²) < 4.78 is 0. The van der Waals surface area contributed by atoms with E-state index in [1.807, 2.05) is 61.5 Å². The summed E-state index contributed by atoms with van der Waals surface area (Å²) in [6, 6.07) is 17.1. The van der Waals surface area contributed by atoms with Crippen LogP contribution in [0.2, 0.25) is 0 Å². The van der Waals surface area contributed by atoms with Crippen LogP contribution in [0.5, 0.6) is 0 Å². The first-order chi connectivity index (χ1) is 12.6. The van der Waals surface area contributed by atoms with Gasteiger partial charge in [0.1, 0.15) is 0 Å². The smallest absolute Gasteiger partial charge is 0.227 e. The minimum atomic E-state index is -0.343. The normalized spacial score (nSPS) is 16.4. The number of amides is 2. The second kappa shape index (κ2) is 8.15. The van der Waals surface area contributed by atoms with Crippen LogP contribution in [0.1, 0.15) is 36.9 Å². The van der Waals surface area contributed by atoms with E-state index < -0.39 is 0 Å². The zero-order valence-corrected chi connectivity index (χ0v) is 15.0. The lowest BCUT2D eigenvalue weighted by molar-refractivity contribution is -0.125. The van der Waals surface area contributed by atoms with Gasteiger partial charge < -0.3 is 16.0 Å². The van der Waals surface area contributed by atoms with E-state index >= 15 is 0 Å². The lowest BCUT2D eigenvalue weighted by Crippen LogP contribution is -2.35. The van der Waals surface area contributed by atoms with E-state index in [1.54, 1.807) is 4.90 Å². The lowest BCUT2D eigenvalue weighted by atomic mass is 9.94. The Morgan fingerprint density at radius 3 is 2.65 bits per heavy atom. The number of hydrogen-bond acceptors (Lipinski definition) is 3. The number of nitrogens with two attached hydrogens (primary N) is 1. The second-order valence-corrected chi connectivity index (χ2v) is 6.76. The number of anilines is 1. The molecule has 3 N–H and O–H groups in total. The van der Waals surface area contributed by atoms with Gasteiger partial charge >= 0.3 is 0 Å². The number of nitrogens with one attached hydrogen (secondary N) is 1. The Kier molecular flexibility index (Phi) is 5.68. The highest BCUT2D eigenvalue weighted by atomic mass is 16.2. The zero-order chi connectivity index (χ0) is 18.5. The molecule has 2 aromatic carbocycles. The van der Waals surface area contributed by atoms with Crippen LogP contribution in [0.15, 0.2) is 54.6 Å². The minimum absolute atomic E-state index is 0.0796. The topological polar surface area (TPSA) is 75.4 Å². The number of carbonyl (C=O) groups is 2. The highest BCUT2D eigenvalue weighted by Crippen LogP contribution is 2.23. The summed E-state index contributed by atoms with van der Waals surface area (Å²) in [5, 5.41) is 2.96. The van der Waals surface area contributed by atoms with Crippen molar-refractivity contribution in [1.29, 1.82) is 0 Å². The standard InChI is InChI=1S/C21H25N3O2/c1-15(20(22)17-8-3-2-4-9-17)21(26)23-14-16-7-5-10-18(13-16)24-12-6-11-19(24)25/h2-5,7-10,13,15,20H,6,11-12,14,22H2,1H3,(H,23,26). The van der Waals surface area contributed by atoms with Gasteiger partial charge in [0.2, 0.25) is 11.8 Å². The third-order valence-electron chi connectivity index (χ3n) is 4.90. The van der Waals surface area contributed by atoms with Crippen molar-refractivity contribution in [2.75, 3.05) is 11.4 Å². The molecule has 1 aliphatic heterocycles. The predicted molar refractivity (Wildman–Crippen MR) is 102 cm³/mol. The van der Waals surface area contributed by atoms with Gasteiger partial charge in [-0.1, -0.05) is 49.4 Å². The fourth-order valence-corrected chi connectivity index (χ4v) is 3.23. The van der Waals surface area contributed by atoms with Gasteiger partial charge in [-0.05, 0) is 29.7 Å². The van der Waals surface area contributed by atoms with Gasteiger partial charge in [-0.15, -0.1) is 0 Å². The Morgan fingerprint density at radius 1 is 1.19 bits per heavy atom. The monoisotopic (exact) mass is 351 g/mol. The first-order valence-corrected chi connectivity index (χ1v) is 9.04. The van der Waals surface area contributed by atoms with Gasteiger partial charge in [0.15, 0.2) is 0 Å². The largest absolute Gasteiger partial charge is 0.352 e. The zero-order valence-electron chi connectivity index (χ0n) is 15.0. The summed E-state index contributed by atoms with van der Waals surface area (Å²) >= 11 is 0. The highest BCUT2D eigenvalue weighted by molar-refractivity contribution is 5.95. The molecule has 2 aromatic rings. The van der Waals surface area contributed by atoms with Crippen LogP contribution >= 0.6 is 0 Å². The maximum atomic E-state index is 12.5. The molecule has 0 spiro atoms. The minimum Gasteiger partial charge on any atom is -0.352 e. The average molecular weight is 351 g/mol. The van der Waals surface area contributed by atoms with Crippen LogP contribution in [-0.2, 0) is 16.1 Å². The molecule has 0 radical (unpaired) electrons. The predicted octanol–water partition coefficient (Wildman–Crippen LogP) is 2.77. The summed E-state index contributed by atoms with van der Waals surface area (Å²) in [6.07, 6.45) is 1.50. The first kappa shape index (κ1) is 18.1. The van der Waals surface area contributed by atoms with E-state index in [2.05, 4.69) is 5.32 Å². The van der Waals surface area contributed by atoms with Gasteiger partial charge in [0, 0.05) is 31.2 Å². The number of benzene rings is 2. The molecule has 1 aliphatic rings. The fraction of sp³-hybridized carbons (Fsp3) is 0.333. The van der Waals surface area contributed by atoms with Crippen LogP contribution in [0, 0.1) is 5.92 Å². The quantitative estimate of drug-likeness (QED) is 0.840. The molecule has 136 valence electrons. The van der Waals surface area contributed by atoms with Crippen LogP contribution in [0.3, 0.4) is 0 Å². The molecule has 2 unspecified atom stereocenters. The van der Waals surface area contributed by atoms with E-state index in [-0.39, 0.29) is 23.8 Å². The van der Waals surface area contributed by atoms with Crippen LogP contribution in [-0.4, -0.2) is 18.4 Å². The highest BCUT2D eigenvalue weighted by Gasteiger charge is 2.23. The van der Waals surface area contributed by atoms with Crippen molar-refractivity contribution in [3.63, 3.8) is 0 Å². The molecule has 5 heteroatoms. The van der Waals surface area contributed by atoms with Crippen LogP contribution in [0.4, 0.5) is 5.69 Å². The number of hydrogen-bond donors (Lipinski definition) is 2. The Balaban J connectivity index is 1.60. The van der Waals surface area contributed by atoms with Gasteiger partial charge in [-0.25, -0.2) is 0 Å².